The van der Waals surface area contributed by atoms with Gasteiger partial charge in [0.05, 0.1) is 17.3 Å². The summed E-state index contributed by atoms with van der Waals surface area (Å²) in [6.07, 6.45) is 0.744. The predicted octanol–water partition coefficient (Wildman–Crippen LogP) is 6.42. The SMILES string of the molecule is CC[C@H](NC(=O)c1c(CBr)n(-c2ccc(Cl)cc2)c(=O)c2ccccc12)c1ccccc1. The topological polar surface area (TPSA) is 51.1 Å². The van der Waals surface area contributed by atoms with Gasteiger partial charge in [0.25, 0.3) is 11.5 Å². The number of carbonyl (C=O) groups excluding carboxylic acids is 1. The summed E-state index contributed by atoms with van der Waals surface area (Å²) < 4.78 is 1.59. The Labute approximate surface area is 200 Å². The van der Waals surface area contributed by atoms with Gasteiger partial charge in [-0.2, -0.15) is 0 Å². The molecule has 3 aromatic carbocycles. The second-order valence-corrected chi connectivity index (χ2v) is 8.46. The van der Waals surface area contributed by atoms with Crippen molar-refractivity contribution in [1.29, 1.82) is 0 Å². The van der Waals surface area contributed by atoms with Crippen LogP contribution in [0, 0.1) is 0 Å². The van der Waals surface area contributed by atoms with Crippen LogP contribution in [0.1, 0.15) is 41.0 Å². The Kier molecular flexibility index (Phi) is 6.77. The van der Waals surface area contributed by atoms with E-state index in [1.54, 1.807) is 34.9 Å². The lowest BCUT2D eigenvalue weighted by Crippen LogP contribution is -2.32. The van der Waals surface area contributed by atoms with Gasteiger partial charge < -0.3 is 5.32 Å². The van der Waals surface area contributed by atoms with Gasteiger partial charge in [-0.05, 0) is 42.3 Å². The van der Waals surface area contributed by atoms with E-state index < -0.39 is 0 Å². The average molecular weight is 510 g/mol. The van der Waals surface area contributed by atoms with Gasteiger partial charge in [0, 0.05) is 26.8 Å². The second kappa shape index (κ2) is 9.72. The molecule has 0 fully saturated rings. The maximum Gasteiger partial charge on any atom is 0.263 e. The predicted molar refractivity (Wildman–Crippen MR) is 134 cm³/mol. The van der Waals surface area contributed by atoms with Crippen molar-refractivity contribution in [3.8, 4) is 5.69 Å². The number of hydrogen-bond acceptors (Lipinski definition) is 2. The molecule has 0 spiro atoms. The van der Waals surface area contributed by atoms with E-state index in [2.05, 4.69) is 21.2 Å². The van der Waals surface area contributed by atoms with E-state index in [1.165, 1.54) is 0 Å². The van der Waals surface area contributed by atoms with E-state index in [4.69, 9.17) is 11.6 Å². The largest absolute Gasteiger partial charge is 0.345 e. The Morgan fingerprint density at radius 3 is 2.22 bits per heavy atom. The molecule has 162 valence electrons. The molecule has 0 saturated carbocycles. The molecular weight excluding hydrogens is 488 g/mol. The fourth-order valence-corrected chi connectivity index (χ4v) is 4.64. The van der Waals surface area contributed by atoms with Crippen LogP contribution >= 0.6 is 27.5 Å². The van der Waals surface area contributed by atoms with Crippen LogP contribution in [0.4, 0.5) is 0 Å². The molecule has 1 atom stereocenters. The number of nitrogens with one attached hydrogen (secondary N) is 1. The Morgan fingerprint density at radius 2 is 1.59 bits per heavy atom. The molecule has 1 N–H and O–H groups in total. The van der Waals surface area contributed by atoms with Crippen LogP contribution in [-0.4, -0.2) is 10.5 Å². The molecule has 4 rings (SSSR count). The van der Waals surface area contributed by atoms with Crippen molar-refractivity contribution in [2.24, 2.45) is 0 Å². The number of halogens is 2. The van der Waals surface area contributed by atoms with Gasteiger partial charge in [-0.3, -0.25) is 14.2 Å². The van der Waals surface area contributed by atoms with Gasteiger partial charge >= 0.3 is 0 Å². The monoisotopic (exact) mass is 508 g/mol. The Bertz CT molecular complexity index is 1320. The molecule has 0 radical (unpaired) electrons. The summed E-state index contributed by atoms with van der Waals surface area (Å²) in [6, 6.07) is 24.0. The van der Waals surface area contributed by atoms with E-state index in [0.29, 0.717) is 38.1 Å². The average Bonchev–Trinajstić information content (AvgIpc) is 2.83. The minimum Gasteiger partial charge on any atom is -0.345 e. The van der Waals surface area contributed by atoms with E-state index in [9.17, 15) is 9.59 Å². The number of hydrogen-bond donors (Lipinski definition) is 1. The second-order valence-electron chi connectivity index (χ2n) is 7.46. The molecule has 0 bridgehead atoms. The van der Waals surface area contributed by atoms with Crippen molar-refractivity contribution >= 4 is 44.2 Å². The third-order valence-electron chi connectivity index (χ3n) is 5.54. The summed E-state index contributed by atoms with van der Waals surface area (Å²) in [5, 5.41) is 5.22. The van der Waals surface area contributed by atoms with Crippen molar-refractivity contribution in [2.75, 3.05) is 0 Å². The van der Waals surface area contributed by atoms with Crippen LogP contribution in [0.3, 0.4) is 0 Å². The maximum atomic E-state index is 13.7. The van der Waals surface area contributed by atoms with Crippen molar-refractivity contribution in [3.63, 3.8) is 0 Å². The lowest BCUT2D eigenvalue weighted by molar-refractivity contribution is 0.0936. The highest BCUT2D eigenvalue weighted by Gasteiger charge is 2.24. The Hall–Kier alpha value is -2.89. The van der Waals surface area contributed by atoms with Crippen LogP contribution in [-0.2, 0) is 5.33 Å². The first-order chi connectivity index (χ1) is 15.5. The van der Waals surface area contributed by atoms with Crippen molar-refractivity contribution in [3.05, 3.63) is 111 Å². The lowest BCUT2D eigenvalue weighted by atomic mass is 10.0. The van der Waals surface area contributed by atoms with Gasteiger partial charge in [-0.1, -0.05) is 83.0 Å². The molecule has 0 aliphatic rings. The molecule has 0 aliphatic heterocycles. The molecule has 1 aromatic heterocycles. The number of rotatable bonds is 6. The van der Waals surface area contributed by atoms with E-state index in [-0.39, 0.29) is 17.5 Å². The molecule has 4 nitrogen and oxygen atoms in total. The van der Waals surface area contributed by atoms with Crippen LogP contribution in [0.2, 0.25) is 5.02 Å². The standard InChI is InChI=1S/C26H22BrClN2O2/c1-2-22(17-8-4-3-5-9-17)29-25(31)24-20-10-6-7-11-21(20)26(32)30(23(24)16-27)19-14-12-18(28)13-15-19/h3-15,22H,2,16H2,1H3,(H,29,31)/t22-/m0/s1. The Balaban J connectivity index is 1.92. The summed E-state index contributed by atoms with van der Waals surface area (Å²) >= 11 is 9.58. The van der Waals surface area contributed by atoms with Crippen LogP contribution in [0.25, 0.3) is 16.5 Å². The molecule has 0 aliphatic carbocycles. The minimum atomic E-state index is -0.214. The third kappa shape index (κ3) is 4.23. The zero-order chi connectivity index (χ0) is 22.7. The first-order valence-electron chi connectivity index (χ1n) is 10.4. The van der Waals surface area contributed by atoms with E-state index in [1.807, 2.05) is 55.5 Å². The molecule has 4 aromatic rings. The summed E-state index contributed by atoms with van der Waals surface area (Å²) in [5.41, 5.74) is 2.60. The number of pyridine rings is 1. The Morgan fingerprint density at radius 1 is 0.969 bits per heavy atom. The quantitative estimate of drug-likeness (QED) is 0.305. The molecule has 1 amide bonds. The summed E-state index contributed by atoms with van der Waals surface area (Å²) in [7, 11) is 0. The number of amides is 1. The van der Waals surface area contributed by atoms with Crippen LogP contribution < -0.4 is 10.9 Å². The highest BCUT2D eigenvalue weighted by atomic mass is 79.9. The van der Waals surface area contributed by atoms with E-state index >= 15 is 0 Å². The molecule has 0 saturated heterocycles. The fraction of sp³-hybridized carbons (Fsp3) is 0.154. The first kappa shape index (κ1) is 22.3. The molecule has 6 heteroatoms. The number of alkyl halides is 1. The third-order valence-corrected chi connectivity index (χ3v) is 6.33. The number of fused-ring (bicyclic) bond motifs is 1. The van der Waals surface area contributed by atoms with Crippen molar-refractivity contribution in [2.45, 2.75) is 24.7 Å². The molecule has 1 heterocycles. The minimum absolute atomic E-state index is 0.137. The lowest BCUT2D eigenvalue weighted by Gasteiger charge is -2.22. The zero-order valence-electron chi connectivity index (χ0n) is 17.5. The summed E-state index contributed by atoms with van der Waals surface area (Å²) in [4.78, 5) is 27.1. The van der Waals surface area contributed by atoms with Gasteiger partial charge in [0.2, 0.25) is 0 Å². The number of benzene rings is 3. The number of nitrogens with zero attached hydrogens (tertiary/aromatic N) is 1. The van der Waals surface area contributed by atoms with Crippen molar-refractivity contribution in [1.82, 2.24) is 9.88 Å². The molecule has 0 unspecified atom stereocenters. The van der Waals surface area contributed by atoms with Gasteiger partial charge in [-0.15, -0.1) is 0 Å². The molecule has 32 heavy (non-hydrogen) atoms. The fourth-order valence-electron chi connectivity index (χ4n) is 3.98. The zero-order valence-corrected chi connectivity index (χ0v) is 19.9. The van der Waals surface area contributed by atoms with Gasteiger partial charge in [-0.25, -0.2) is 0 Å². The van der Waals surface area contributed by atoms with Crippen LogP contribution in [0.15, 0.2) is 83.7 Å². The van der Waals surface area contributed by atoms with Gasteiger partial charge in [0.1, 0.15) is 0 Å². The normalized spacial score (nSPS) is 12.0. The summed E-state index contributed by atoms with van der Waals surface area (Å²) in [6.45, 7) is 2.04. The smallest absolute Gasteiger partial charge is 0.263 e. The van der Waals surface area contributed by atoms with Crippen molar-refractivity contribution < 1.29 is 4.79 Å². The number of carbonyl (C=O) groups is 1. The van der Waals surface area contributed by atoms with E-state index in [0.717, 1.165) is 12.0 Å². The highest BCUT2D eigenvalue weighted by molar-refractivity contribution is 9.08. The first-order valence-corrected chi connectivity index (χ1v) is 11.9. The maximum absolute atomic E-state index is 13.7. The molecular formula is C26H22BrClN2O2. The number of aromatic nitrogens is 1. The highest BCUT2D eigenvalue weighted by Crippen LogP contribution is 2.26. The van der Waals surface area contributed by atoms with Gasteiger partial charge in [0.15, 0.2) is 0 Å². The summed E-state index contributed by atoms with van der Waals surface area (Å²) in [5.74, 6) is -0.214. The van der Waals surface area contributed by atoms with Crippen LogP contribution in [0.5, 0.6) is 0 Å².